The average molecular weight is 211 g/mol. The van der Waals surface area contributed by atoms with Crippen LogP contribution in [0.3, 0.4) is 0 Å². The lowest BCUT2D eigenvalue weighted by molar-refractivity contribution is 0.653. The smallest absolute Gasteiger partial charge is 0.234 e. The maximum atomic E-state index is 5.67. The van der Waals surface area contributed by atoms with Crippen LogP contribution in [0.1, 0.15) is 30.1 Å². The Morgan fingerprint density at radius 1 is 1.50 bits per heavy atom. The normalized spacial score (nSPS) is 13.6. The molecule has 2 aromatic heterocycles. The van der Waals surface area contributed by atoms with Gasteiger partial charge in [0.25, 0.3) is 0 Å². The molecule has 6 heteroatoms. The van der Waals surface area contributed by atoms with E-state index >= 15 is 0 Å². The molecule has 1 unspecified atom stereocenters. The number of aryl methyl sites for hydroxylation is 1. The molecule has 76 valence electrons. The van der Waals surface area contributed by atoms with Crippen molar-refractivity contribution in [1.29, 1.82) is 0 Å². The maximum absolute atomic E-state index is 5.67. The van der Waals surface area contributed by atoms with Gasteiger partial charge in [-0.3, -0.25) is 0 Å². The van der Waals surface area contributed by atoms with Crippen LogP contribution in [-0.4, -0.2) is 26.4 Å². The Bertz CT molecular complexity index is 428. The van der Waals surface area contributed by atoms with Gasteiger partial charge in [0.2, 0.25) is 4.96 Å². The first-order valence-corrected chi connectivity index (χ1v) is 5.46. The fraction of sp³-hybridized carbons (Fsp3) is 0.625. The van der Waals surface area contributed by atoms with Crippen LogP contribution in [0.5, 0.6) is 0 Å². The zero-order chi connectivity index (χ0) is 10.1. The van der Waals surface area contributed by atoms with Gasteiger partial charge in [0.1, 0.15) is 5.01 Å². The number of hydrogen-bond donors (Lipinski definition) is 1. The predicted octanol–water partition coefficient (Wildman–Crippen LogP) is 0.947. The molecule has 0 aromatic carbocycles. The minimum Gasteiger partial charge on any atom is -0.330 e. The number of hydrogen-bond acceptors (Lipinski definition) is 5. The SMILES string of the molecule is CCC(CN)c1nn2c(C)nnc2s1. The van der Waals surface area contributed by atoms with Crippen molar-refractivity contribution in [3.63, 3.8) is 0 Å². The lowest BCUT2D eigenvalue weighted by Crippen LogP contribution is -2.11. The van der Waals surface area contributed by atoms with Crippen molar-refractivity contribution in [3.8, 4) is 0 Å². The van der Waals surface area contributed by atoms with Crippen molar-refractivity contribution in [2.24, 2.45) is 5.73 Å². The largest absolute Gasteiger partial charge is 0.330 e. The molecule has 0 saturated carbocycles. The molecular weight excluding hydrogens is 198 g/mol. The molecule has 0 radical (unpaired) electrons. The van der Waals surface area contributed by atoms with Gasteiger partial charge in [-0.1, -0.05) is 18.3 Å². The predicted molar refractivity (Wildman–Crippen MR) is 55.5 cm³/mol. The highest BCUT2D eigenvalue weighted by atomic mass is 32.1. The molecule has 5 nitrogen and oxygen atoms in total. The molecule has 14 heavy (non-hydrogen) atoms. The molecule has 2 N–H and O–H groups in total. The standard InChI is InChI=1S/C8H13N5S/c1-3-6(4-9)7-12-13-5(2)10-11-8(13)14-7/h6H,3-4,9H2,1-2H3. The lowest BCUT2D eigenvalue weighted by atomic mass is 10.1. The van der Waals surface area contributed by atoms with E-state index in [1.165, 1.54) is 0 Å². The van der Waals surface area contributed by atoms with Gasteiger partial charge in [-0.25, -0.2) is 0 Å². The second kappa shape index (κ2) is 3.62. The van der Waals surface area contributed by atoms with E-state index in [0.717, 1.165) is 22.2 Å². The third-order valence-corrected chi connectivity index (χ3v) is 3.35. The van der Waals surface area contributed by atoms with E-state index in [1.54, 1.807) is 15.9 Å². The molecule has 0 aliphatic rings. The van der Waals surface area contributed by atoms with E-state index in [0.29, 0.717) is 12.5 Å². The van der Waals surface area contributed by atoms with Gasteiger partial charge in [0, 0.05) is 12.5 Å². The van der Waals surface area contributed by atoms with E-state index < -0.39 is 0 Å². The fourth-order valence-electron chi connectivity index (χ4n) is 1.34. The molecule has 0 bridgehead atoms. The number of aromatic nitrogens is 4. The van der Waals surface area contributed by atoms with E-state index in [1.807, 2.05) is 6.92 Å². The van der Waals surface area contributed by atoms with Crippen molar-refractivity contribution in [1.82, 2.24) is 19.8 Å². The van der Waals surface area contributed by atoms with Gasteiger partial charge in [0.05, 0.1) is 0 Å². The topological polar surface area (TPSA) is 69.1 Å². The van der Waals surface area contributed by atoms with Crippen LogP contribution >= 0.6 is 11.3 Å². The Balaban J connectivity index is 2.43. The first-order chi connectivity index (χ1) is 6.76. The van der Waals surface area contributed by atoms with Crippen LogP contribution < -0.4 is 5.73 Å². The van der Waals surface area contributed by atoms with Crippen molar-refractivity contribution >= 4 is 16.3 Å². The van der Waals surface area contributed by atoms with Gasteiger partial charge >= 0.3 is 0 Å². The van der Waals surface area contributed by atoms with Gasteiger partial charge in [-0.15, -0.1) is 10.2 Å². The van der Waals surface area contributed by atoms with Crippen LogP contribution in [0, 0.1) is 6.92 Å². The van der Waals surface area contributed by atoms with Crippen molar-refractivity contribution in [2.45, 2.75) is 26.2 Å². The zero-order valence-electron chi connectivity index (χ0n) is 8.27. The van der Waals surface area contributed by atoms with Crippen molar-refractivity contribution < 1.29 is 0 Å². The molecule has 2 heterocycles. The summed E-state index contributed by atoms with van der Waals surface area (Å²) in [6.07, 6.45) is 1.01. The van der Waals surface area contributed by atoms with Gasteiger partial charge < -0.3 is 5.73 Å². The summed E-state index contributed by atoms with van der Waals surface area (Å²) in [6, 6.07) is 0. The summed E-state index contributed by atoms with van der Waals surface area (Å²) in [5, 5.41) is 13.5. The highest BCUT2D eigenvalue weighted by Gasteiger charge is 2.15. The number of fused-ring (bicyclic) bond motifs is 1. The molecule has 0 fully saturated rings. The van der Waals surface area contributed by atoms with Crippen LogP contribution in [0.2, 0.25) is 0 Å². The average Bonchev–Trinajstić information content (AvgIpc) is 2.72. The minimum absolute atomic E-state index is 0.348. The third-order valence-electron chi connectivity index (χ3n) is 2.29. The molecule has 0 saturated heterocycles. The Morgan fingerprint density at radius 2 is 2.29 bits per heavy atom. The summed E-state index contributed by atoms with van der Waals surface area (Å²) in [6.45, 7) is 4.65. The molecule has 0 aliphatic heterocycles. The lowest BCUT2D eigenvalue weighted by Gasteiger charge is -2.05. The summed E-state index contributed by atoms with van der Waals surface area (Å²) in [4.78, 5) is 0.851. The first kappa shape index (κ1) is 9.54. The van der Waals surface area contributed by atoms with E-state index in [9.17, 15) is 0 Å². The van der Waals surface area contributed by atoms with E-state index in [4.69, 9.17) is 5.73 Å². The van der Waals surface area contributed by atoms with E-state index in [2.05, 4.69) is 22.2 Å². The highest BCUT2D eigenvalue weighted by Crippen LogP contribution is 2.23. The fourth-order valence-corrected chi connectivity index (χ4v) is 2.42. The molecule has 0 amide bonds. The van der Waals surface area contributed by atoms with Gasteiger partial charge in [0.15, 0.2) is 5.82 Å². The van der Waals surface area contributed by atoms with Crippen LogP contribution in [0.15, 0.2) is 0 Å². The van der Waals surface area contributed by atoms with Crippen LogP contribution in [0.4, 0.5) is 0 Å². The molecule has 2 rings (SSSR count). The summed E-state index contributed by atoms with van der Waals surface area (Å²) >= 11 is 1.57. The summed E-state index contributed by atoms with van der Waals surface area (Å²) in [5.74, 6) is 1.18. The Kier molecular flexibility index (Phi) is 2.47. The Labute approximate surface area is 86.0 Å². The minimum atomic E-state index is 0.348. The van der Waals surface area contributed by atoms with Gasteiger partial charge in [-0.05, 0) is 13.3 Å². The van der Waals surface area contributed by atoms with Crippen LogP contribution in [-0.2, 0) is 0 Å². The second-order valence-corrected chi connectivity index (χ2v) is 4.21. The summed E-state index contributed by atoms with van der Waals surface area (Å²) in [7, 11) is 0. The number of rotatable bonds is 3. The highest BCUT2D eigenvalue weighted by molar-refractivity contribution is 7.16. The third kappa shape index (κ3) is 1.40. The molecule has 0 spiro atoms. The Hall–Kier alpha value is -1.01. The first-order valence-electron chi connectivity index (χ1n) is 4.65. The summed E-state index contributed by atoms with van der Waals surface area (Å²) in [5.41, 5.74) is 5.67. The quantitative estimate of drug-likeness (QED) is 0.820. The zero-order valence-corrected chi connectivity index (χ0v) is 9.08. The van der Waals surface area contributed by atoms with E-state index in [-0.39, 0.29) is 0 Å². The maximum Gasteiger partial charge on any atom is 0.234 e. The molecule has 2 aromatic rings. The molecular formula is C8H13N5S. The summed E-state index contributed by atoms with van der Waals surface area (Å²) < 4.78 is 1.78. The second-order valence-electron chi connectivity index (χ2n) is 3.22. The monoisotopic (exact) mass is 211 g/mol. The molecule has 0 aliphatic carbocycles. The molecule has 1 atom stereocenters. The van der Waals surface area contributed by atoms with Crippen LogP contribution in [0.25, 0.3) is 4.96 Å². The number of nitrogens with zero attached hydrogens (tertiary/aromatic N) is 4. The van der Waals surface area contributed by atoms with Gasteiger partial charge in [-0.2, -0.15) is 9.61 Å². The van der Waals surface area contributed by atoms with Crippen molar-refractivity contribution in [2.75, 3.05) is 6.54 Å². The van der Waals surface area contributed by atoms with Crippen molar-refractivity contribution in [3.05, 3.63) is 10.8 Å². The Morgan fingerprint density at radius 3 is 2.86 bits per heavy atom. The number of nitrogens with two attached hydrogens (primary N) is 1.